The van der Waals surface area contributed by atoms with Gasteiger partial charge in [0.1, 0.15) is 49.7 Å². The molecule has 0 bridgehead atoms. The summed E-state index contributed by atoms with van der Waals surface area (Å²) < 4.78 is 63.4. The lowest BCUT2D eigenvalue weighted by Crippen LogP contribution is -2.67. The lowest BCUT2D eigenvalue weighted by Gasteiger charge is -2.48. The highest BCUT2D eigenvalue weighted by Gasteiger charge is 2.64. The van der Waals surface area contributed by atoms with Crippen LogP contribution in [-0.4, -0.2) is 152 Å². The Balaban J connectivity index is 1.39. The average molecular weight is 972 g/mol. The van der Waals surface area contributed by atoms with Gasteiger partial charge in [-0.3, -0.25) is 19.2 Å². The minimum absolute atomic E-state index is 0.0305. The number of nitrogens with one attached hydrogen (secondary N) is 1. The van der Waals surface area contributed by atoms with Crippen LogP contribution in [-0.2, 0) is 89.3 Å². The molecule has 3 aliphatic heterocycles. The van der Waals surface area contributed by atoms with Gasteiger partial charge < -0.3 is 62.5 Å². The highest BCUT2D eigenvalue weighted by atomic mass is 16.8. The van der Waals surface area contributed by atoms with Crippen LogP contribution >= 0.6 is 0 Å². The van der Waals surface area contributed by atoms with Crippen molar-refractivity contribution in [2.75, 3.05) is 33.5 Å². The fourth-order valence-corrected chi connectivity index (χ4v) is 7.98. The number of benzene rings is 2. The number of imide groups is 1. The van der Waals surface area contributed by atoms with Crippen molar-refractivity contribution in [1.29, 1.82) is 0 Å². The van der Waals surface area contributed by atoms with Gasteiger partial charge in [-0.15, -0.1) is 0 Å². The van der Waals surface area contributed by atoms with E-state index in [2.05, 4.69) is 15.3 Å². The van der Waals surface area contributed by atoms with Crippen LogP contribution in [0, 0.1) is 0 Å². The molecule has 3 fully saturated rings. The Morgan fingerprint density at radius 2 is 1.57 bits per heavy atom. The second kappa shape index (κ2) is 25.8. The number of carbonyl (C=O) groups excluding carboxylic acids is 7. The fourth-order valence-electron chi connectivity index (χ4n) is 7.98. The van der Waals surface area contributed by atoms with E-state index in [9.17, 15) is 44.2 Å². The lowest BCUT2D eigenvalue weighted by atomic mass is 9.88. The third-order valence-electron chi connectivity index (χ3n) is 11.0. The van der Waals surface area contributed by atoms with Crippen molar-refractivity contribution in [3.63, 3.8) is 0 Å². The van der Waals surface area contributed by atoms with Gasteiger partial charge in [0.2, 0.25) is 5.91 Å². The Kier molecular flexibility index (Phi) is 20.0. The van der Waals surface area contributed by atoms with Gasteiger partial charge in [0.15, 0.2) is 18.5 Å². The molecule has 0 aromatic heterocycles. The van der Waals surface area contributed by atoms with Crippen molar-refractivity contribution in [2.45, 2.75) is 133 Å². The fraction of sp³-hybridized carbons (Fsp3) is 0.578. The topological polar surface area (TPSA) is 305 Å². The Hall–Kier alpha value is -6.40. The second-order valence-corrected chi connectivity index (χ2v) is 16.1. The zero-order valence-corrected chi connectivity index (χ0v) is 38.7. The molecule has 3 saturated heterocycles. The number of azide groups is 1. The molecule has 0 radical (unpaired) electrons. The van der Waals surface area contributed by atoms with E-state index in [0.717, 1.165) is 40.4 Å². The Morgan fingerprint density at radius 3 is 2.17 bits per heavy atom. The summed E-state index contributed by atoms with van der Waals surface area (Å²) in [5, 5.41) is 18.3. The first-order valence-electron chi connectivity index (χ1n) is 22.0. The quantitative estimate of drug-likeness (QED) is 0.0403. The number of aliphatic hydroxyl groups is 1. The van der Waals surface area contributed by atoms with Crippen LogP contribution in [0.15, 0.2) is 65.8 Å². The summed E-state index contributed by atoms with van der Waals surface area (Å²) in [4.78, 5) is 93.1. The summed E-state index contributed by atoms with van der Waals surface area (Å²) >= 11 is 0. The Morgan fingerprint density at radius 1 is 0.899 bits per heavy atom. The molecule has 0 spiro atoms. The number of hydrogen-bond donors (Lipinski definition) is 2. The Bertz CT molecular complexity index is 2130. The third-order valence-corrected chi connectivity index (χ3v) is 11.0. The van der Waals surface area contributed by atoms with E-state index in [-0.39, 0.29) is 19.8 Å². The summed E-state index contributed by atoms with van der Waals surface area (Å²) in [5.41, 5.74) is 11.1. The summed E-state index contributed by atoms with van der Waals surface area (Å²) in [7, 11) is 1.00. The monoisotopic (exact) mass is 971 g/mol. The van der Waals surface area contributed by atoms with Crippen molar-refractivity contribution < 1.29 is 90.8 Å². The molecule has 11 atom stereocenters. The lowest BCUT2D eigenvalue weighted by molar-refractivity contribution is -0.332. The van der Waals surface area contributed by atoms with Gasteiger partial charge in [-0.25, -0.2) is 19.3 Å². The van der Waals surface area contributed by atoms with Crippen molar-refractivity contribution in [3.8, 4) is 0 Å². The molecule has 5 rings (SSSR count). The molecule has 2 N–H and O–H groups in total. The molecular weight excluding hydrogens is 915 g/mol. The normalized spacial score (nSPS) is 25.9. The van der Waals surface area contributed by atoms with Crippen LogP contribution in [0.25, 0.3) is 10.4 Å². The van der Waals surface area contributed by atoms with Crippen LogP contribution in [0.5, 0.6) is 0 Å². The van der Waals surface area contributed by atoms with Gasteiger partial charge in [-0.05, 0) is 35.9 Å². The maximum absolute atomic E-state index is 14.0. The number of esters is 4. The first-order valence-corrected chi connectivity index (χ1v) is 22.0. The predicted molar refractivity (Wildman–Crippen MR) is 232 cm³/mol. The number of methoxy groups -OCH3 is 1. The average Bonchev–Trinajstić information content (AvgIpc) is 3.66. The largest absolute Gasteiger partial charge is 0.465 e. The molecular formula is C45H57N5O19. The van der Waals surface area contributed by atoms with Gasteiger partial charge in [0.25, 0.3) is 5.79 Å². The first-order chi connectivity index (χ1) is 33.1. The van der Waals surface area contributed by atoms with Gasteiger partial charge in [-0.1, -0.05) is 65.8 Å². The smallest absolute Gasteiger partial charge is 0.417 e. The van der Waals surface area contributed by atoms with Gasteiger partial charge >= 0.3 is 36.1 Å². The zero-order valence-electron chi connectivity index (χ0n) is 38.7. The molecule has 24 nitrogen and oxygen atoms in total. The molecule has 3 heterocycles. The van der Waals surface area contributed by atoms with E-state index in [1.165, 1.54) is 0 Å². The van der Waals surface area contributed by atoms with Gasteiger partial charge in [0.05, 0.1) is 32.8 Å². The third kappa shape index (κ3) is 14.8. The van der Waals surface area contributed by atoms with Crippen molar-refractivity contribution in [1.82, 2.24) is 10.2 Å². The molecule has 69 heavy (non-hydrogen) atoms. The summed E-state index contributed by atoms with van der Waals surface area (Å²) in [6.07, 6.45) is -13.3. The van der Waals surface area contributed by atoms with Crippen molar-refractivity contribution in [3.05, 3.63) is 82.2 Å². The number of hydrogen-bond acceptors (Lipinski definition) is 20. The van der Waals surface area contributed by atoms with Gasteiger partial charge in [0, 0.05) is 45.8 Å². The predicted octanol–water partition coefficient (Wildman–Crippen LogP) is 3.29. The number of nitrogens with zero attached hydrogens (tertiary/aromatic N) is 4. The first kappa shape index (κ1) is 53.6. The molecule has 0 saturated carbocycles. The minimum atomic E-state index is -2.60. The highest BCUT2D eigenvalue weighted by Crippen LogP contribution is 2.42. The molecule has 376 valence electrons. The number of alkyl carbamates (subject to hydrolysis) is 1. The van der Waals surface area contributed by atoms with Crippen LogP contribution in [0.4, 0.5) is 9.59 Å². The molecule has 24 heteroatoms. The maximum atomic E-state index is 14.0. The zero-order chi connectivity index (χ0) is 50.1. The second-order valence-electron chi connectivity index (χ2n) is 16.1. The van der Waals surface area contributed by atoms with E-state index >= 15 is 0 Å². The van der Waals surface area contributed by atoms with E-state index in [1.807, 2.05) is 30.3 Å². The maximum Gasteiger partial charge on any atom is 0.417 e. The van der Waals surface area contributed by atoms with E-state index in [0.29, 0.717) is 36.3 Å². The summed E-state index contributed by atoms with van der Waals surface area (Å²) in [5.74, 6) is -7.37. The van der Waals surface area contributed by atoms with E-state index in [4.69, 9.17) is 52.1 Å². The van der Waals surface area contributed by atoms with Crippen LogP contribution in [0.2, 0.25) is 0 Å². The number of rotatable bonds is 23. The molecule has 0 unspecified atom stereocenters. The van der Waals surface area contributed by atoms with E-state index in [1.54, 1.807) is 30.3 Å². The molecule has 0 aliphatic carbocycles. The number of amides is 3. The van der Waals surface area contributed by atoms with Crippen molar-refractivity contribution in [2.24, 2.45) is 5.11 Å². The SMILES string of the molecule is COC(=O)[C@@]1(OC[C@H]2O[C@H](OCCCCCNC(=O)OCc3ccccc3)[C@H](N=[N+]=[N-])[C@@H](O)[C@H]2OCc2ccccc2)C[C@@H]2OC(=O)N(C(C)=O)[C@H]2[C@H]([C@H](OC(C)=O)[C@@H](COC(C)=O)OC(C)=O)O1. The van der Waals surface area contributed by atoms with E-state index < -0.39 is 128 Å². The number of carbonyl (C=O) groups is 7. The number of unbranched alkanes of at least 4 members (excludes halogenated alkanes) is 2. The van der Waals surface area contributed by atoms with Crippen LogP contribution < -0.4 is 5.32 Å². The highest BCUT2D eigenvalue weighted by molar-refractivity contribution is 5.93. The summed E-state index contributed by atoms with van der Waals surface area (Å²) in [6.45, 7) is 3.11. The molecule has 3 amide bonds. The van der Waals surface area contributed by atoms with Crippen LogP contribution in [0.3, 0.4) is 0 Å². The van der Waals surface area contributed by atoms with Gasteiger partial charge in [-0.2, -0.15) is 0 Å². The minimum Gasteiger partial charge on any atom is -0.465 e. The number of aliphatic hydroxyl groups excluding tert-OH is 1. The Labute approximate surface area is 396 Å². The molecule has 2 aromatic carbocycles. The molecule has 3 aliphatic rings. The molecule has 2 aromatic rings. The van der Waals surface area contributed by atoms with Crippen molar-refractivity contribution >= 4 is 42.0 Å². The standard InChI is InChI=1S/C45H57N5O19/c1-26(51)50-36-32(68-44(50)58)21-45(42(56)59-5,69-40(36)39(66-29(4)54)33(65-28(3)53)24-61-27(2)52)64-25-34-38(62-22-30-15-9-6-10-16-30)37(55)35(48-49-46)41(67-34)60-20-14-8-13-19-47-43(57)63-23-31-17-11-7-12-18-31/h6-7,9-12,15-18,32-41,55H,8,13-14,19-25H2,1-5H3,(H,47,57)/t32-,33+,34+,35+,36+,37+,38-,39+,40+,41-,45+/m0/s1. The summed E-state index contributed by atoms with van der Waals surface area (Å²) in [6, 6.07) is 15.2. The van der Waals surface area contributed by atoms with Crippen LogP contribution in [0.1, 0.15) is 64.5 Å². The number of ether oxygens (including phenoxy) is 11. The number of fused-ring (bicyclic) bond motifs is 1.